The summed E-state index contributed by atoms with van der Waals surface area (Å²) in [7, 11) is -3.56. The molecule has 1 aromatic carbocycles. The third-order valence-corrected chi connectivity index (χ3v) is 7.86. The largest absolute Gasteiger partial charge is 0.360 e. The first kappa shape index (κ1) is 17.5. The number of rotatable bonds is 3. The molecule has 1 aromatic heterocycles. The molecule has 1 aliphatic heterocycles. The van der Waals surface area contributed by atoms with Gasteiger partial charge in [0, 0.05) is 24.1 Å². The molecule has 2 heterocycles. The zero-order valence-electron chi connectivity index (χ0n) is 14.2. The third kappa shape index (κ3) is 3.25. The molecule has 0 amide bonds. The van der Waals surface area contributed by atoms with E-state index in [-0.39, 0.29) is 4.90 Å². The maximum atomic E-state index is 13.0. The van der Waals surface area contributed by atoms with Gasteiger partial charge >= 0.3 is 0 Å². The monoisotopic (exact) mass is 366 g/mol. The summed E-state index contributed by atoms with van der Waals surface area (Å²) in [6.45, 7) is 6.46. The SMILES string of the molecule is Cc1ccccc1[C@H]1CCN(S(=O)(=O)c2c(C)noc2C)CCS1. The van der Waals surface area contributed by atoms with Gasteiger partial charge in [0.2, 0.25) is 10.0 Å². The molecule has 2 aromatic rings. The summed E-state index contributed by atoms with van der Waals surface area (Å²) in [5.41, 5.74) is 3.00. The molecule has 0 radical (unpaired) electrons. The van der Waals surface area contributed by atoms with E-state index in [1.807, 2.05) is 23.9 Å². The first-order valence-corrected chi connectivity index (χ1v) is 10.5. The van der Waals surface area contributed by atoms with Gasteiger partial charge in [-0.3, -0.25) is 0 Å². The van der Waals surface area contributed by atoms with Crippen LogP contribution in [0.2, 0.25) is 0 Å². The van der Waals surface area contributed by atoms with E-state index in [0.29, 0.717) is 29.8 Å². The van der Waals surface area contributed by atoms with Crippen molar-refractivity contribution in [3.63, 3.8) is 0 Å². The molecule has 0 bridgehead atoms. The molecule has 1 aliphatic rings. The molecule has 7 heteroatoms. The van der Waals surface area contributed by atoms with E-state index in [1.54, 1.807) is 18.2 Å². The standard InChI is InChI=1S/C17H22N2O3S2/c1-12-6-4-5-7-15(12)16-8-9-19(10-11-23-16)24(20,21)17-13(2)18-22-14(17)3/h4-7,16H,8-11H2,1-3H3/t16-/m1/s1. The molecule has 0 saturated carbocycles. The quantitative estimate of drug-likeness (QED) is 0.832. The lowest BCUT2D eigenvalue weighted by Crippen LogP contribution is -2.33. The van der Waals surface area contributed by atoms with Crippen LogP contribution in [0.5, 0.6) is 0 Å². The Balaban J connectivity index is 1.82. The summed E-state index contributed by atoms with van der Waals surface area (Å²) < 4.78 is 32.6. The fourth-order valence-electron chi connectivity index (χ4n) is 3.16. The molecular weight excluding hydrogens is 344 g/mol. The number of thioether (sulfide) groups is 1. The fraction of sp³-hybridized carbons (Fsp3) is 0.471. The summed E-state index contributed by atoms with van der Waals surface area (Å²) >= 11 is 1.83. The van der Waals surface area contributed by atoms with Gasteiger partial charge in [0.25, 0.3) is 0 Å². The number of aromatic nitrogens is 1. The minimum absolute atomic E-state index is 0.224. The minimum atomic E-state index is -3.56. The molecule has 1 saturated heterocycles. The van der Waals surface area contributed by atoms with E-state index >= 15 is 0 Å². The summed E-state index contributed by atoms with van der Waals surface area (Å²) in [5.74, 6) is 1.14. The van der Waals surface area contributed by atoms with E-state index in [0.717, 1.165) is 12.2 Å². The van der Waals surface area contributed by atoms with Crippen LogP contribution in [-0.4, -0.2) is 36.7 Å². The van der Waals surface area contributed by atoms with Crippen molar-refractivity contribution in [2.45, 2.75) is 37.3 Å². The number of hydrogen-bond acceptors (Lipinski definition) is 5. The van der Waals surface area contributed by atoms with Gasteiger partial charge in [-0.15, -0.1) is 0 Å². The van der Waals surface area contributed by atoms with Gasteiger partial charge < -0.3 is 4.52 Å². The van der Waals surface area contributed by atoms with Gasteiger partial charge in [0.05, 0.1) is 0 Å². The molecule has 130 valence electrons. The zero-order chi connectivity index (χ0) is 17.3. The lowest BCUT2D eigenvalue weighted by atomic mass is 10.0. The van der Waals surface area contributed by atoms with Gasteiger partial charge in [-0.25, -0.2) is 8.42 Å². The van der Waals surface area contributed by atoms with Crippen molar-refractivity contribution in [3.05, 3.63) is 46.8 Å². The Morgan fingerprint density at radius 3 is 2.62 bits per heavy atom. The second kappa shape index (κ2) is 6.90. The second-order valence-corrected chi connectivity index (χ2v) is 9.25. The average molecular weight is 367 g/mol. The van der Waals surface area contributed by atoms with Gasteiger partial charge in [0.15, 0.2) is 5.76 Å². The number of aryl methyl sites for hydroxylation is 3. The summed E-state index contributed by atoms with van der Waals surface area (Å²) in [6, 6.07) is 8.34. The number of nitrogens with zero attached hydrogens (tertiary/aromatic N) is 2. The Kier molecular flexibility index (Phi) is 5.03. The van der Waals surface area contributed by atoms with Crippen LogP contribution in [-0.2, 0) is 10.0 Å². The van der Waals surface area contributed by atoms with Crippen LogP contribution in [0.15, 0.2) is 33.7 Å². The lowest BCUT2D eigenvalue weighted by Gasteiger charge is -2.20. The summed E-state index contributed by atoms with van der Waals surface area (Å²) in [4.78, 5) is 0.224. The number of hydrogen-bond donors (Lipinski definition) is 0. The van der Waals surface area contributed by atoms with Gasteiger partial charge in [0.1, 0.15) is 10.6 Å². The highest BCUT2D eigenvalue weighted by molar-refractivity contribution is 7.99. The molecule has 1 fully saturated rings. The Morgan fingerprint density at radius 2 is 1.96 bits per heavy atom. The van der Waals surface area contributed by atoms with Crippen molar-refractivity contribution in [1.29, 1.82) is 0 Å². The Labute approximate surface area is 147 Å². The van der Waals surface area contributed by atoms with Crippen LogP contribution < -0.4 is 0 Å². The van der Waals surface area contributed by atoms with Gasteiger partial charge in [-0.1, -0.05) is 29.4 Å². The van der Waals surface area contributed by atoms with Crippen molar-refractivity contribution < 1.29 is 12.9 Å². The average Bonchev–Trinajstić information content (AvgIpc) is 2.76. The van der Waals surface area contributed by atoms with E-state index < -0.39 is 10.0 Å². The maximum Gasteiger partial charge on any atom is 0.248 e. The topological polar surface area (TPSA) is 63.4 Å². The summed E-state index contributed by atoms with van der Waals surface area (Å²) in [6.07, 6.45) is 0.804. The van der Waals surface area contributed by atoms with Crippen molar-refractivity contribution in [3.8, 4) is 0 Å². The van der Waals surface area contributed by atoms with Crippen molar-refractivity contribution in [1.82, 2.24) is 9.46 Å². The van der Waals surface area contributed by atoms with Crippen LogP contribution in [0.3, 0.4) is 0 Å². The highest BCUT2D eigenvalue weighted by atomic mass is 32.2. The maximum absolute atomic E-state index is 13.0. The first-order chi connectivity index (χ1) is 11.4. The molecule has 0 spiro atoms. The molecule has 0 N–H and O–H groups in total. The Hall–Kier alpha value is -1.31. The van der Waals surface area contributed by atoms with E-state index in [4.69, 9.17) is 4.52 Å². The van der Waals surface area contributed by atoms with Crippen LogP contribution in [0.25, 0.3) is 0 Å². The zero-order valence-corrected chi connectivity index (χ0v) is 15.8. The minimum Gasteiger partial charge on any atom is -0.360 e. The van der Waals surface area contributed by atoms with Crippen molar-refractivity contribution >= 4 is 21.8 Å². The van der Waals surface area contributed by atoms with Gasteiger partial charge in [-0.2, -0.15) is 16.1 Å². The summed E-state index contributed by atoms with van der Waals surface area (Å²) in [5, 5.41) is 4.12. The van der Waals surface area contributed by atoms with E-state index in [9.17, 15) is 8.42 Å². The molecule has 3 rings (SSSR count). The molecule has 1 atom stereocenters. The van der Waals surface area contributed by atoms with Crippen LogP contribution in [0.1, 0.15) is 34.3 Å². The molecule has 24 heavy (non-hydrogen) atoms. The molecule has 5 nitrogen and oxygen atoms in total. The van der Waals surface area contributed by atoms with E-state index in [2.05, 4.69) is 24.2 Å². The highest BCUT2D eigenvalue weighted by Crippen LogP contribution is 2.37. The smallest absolute Gasteiger partial charge is 0.248 e. The number of sulfonamides is 1. The molecule has 0 aliphatic carbocycles. The third-order valence-electron chi connectivity index (χ3n) is 4.40. The Bertz CT molecular complexity index is 811. The Morgan fingerprint density at radius 1 is 1.21 bits per heavy atom. The van der Waals surface area contributed by atoms with Crippen molar-refractivity contribution in [2.24, 2.45) is 0 Å². The van der Waals surface area contributed by atoms with Gasteiger partial charge in [-0.05, 0) is 38.3 Å². The van der Waals surface area contributed by atoms with Crippen LogP contribution >= 0.6 is 11.8 Å². The normalized spacial score (nSPS) is 20.0. The lowest BCUT2D eigenvalue weighted by molar-refractivity contribution is 0.388. The highest BCUT2D eigenvalue weighted by Gasteiger charge is 2.33. The molecule has 0 unspecified atom stereocenters. The molecular formula is C17H22N2O3S2. The van der Waals surface area contributed by atoms with Crippen LogP contribution in [0.4, 0.5) is 0 Å². The number of benzene rings is 1. The van der Waals surface area contributed by atoms with Crippen LogP contribution in [0, 0.1) is 20.8 Å². The first-order valence-electron chi connectivity index (χ1n) is 8.01. The predicted molar refractivity (Wildman–Crippen MR) is 95.7 cm³/mol. The van der Waals surface area contributed by atoms with Crippen molar-refractivity contribution in [2.75, 3.05) is 18.8 Å². The van der Waals surface area contributed by atoms with E-state index in [1.165, 1.54) is 11.1 Å². The predicted octanol–water partition coefficient (Wildman–Crippen LogP) is 3.47. The fourth-order valence-corrected chi connectivity index (χ4v) is 6.35. The second-order valence-electron chi connectivity index (χ2n) is 6.06.